The fourth-order valence-electron chi connectivity index (χ4n) is 6.10. The molecule has 3 nitrogen and oxygen atoms in total. The molecule has 0 fully saturated rings. The van der Waals surface area contributed by atoms with E-state index in [4.69, 9.17) is 4.74 Å². The van der Waals surface area contributed by atoms with Crippen LogP contribution in [0.1, 0.15) is 109 Å². The van der Waals surface area contributed by atoms with Gasteiger partial charge in [0, 0.05) is 34.1 Å². The Hall–Kier alpha value is -1.47. The monoisotopic (exact) mass is 582 g/mol. The highest BCUT2D eigenvalue weighted by molar-refractivity contribution is 6.94. The molecule has 1 heterocycles. The molecular weight excluding hydrogens is 521 g/mol. The maximum atomic E-state index is 6.00. The van der Waals surface area contributed by atoms with E-state index in [0.29, 0.717) is 0 Å². The maximum absolute atomic E-state index is 6.00. The van der Waals surface area contributed by atoms with E-state index in [1.165, 1.54) is 101 Å². The van der Waals surface area contributed by atoms with Crippen LogP contribution in [0.3, 0.4) is 0 Å². The van der Waals surface area contributed by atoms with Crippen LogP contribution in [-0.4, -0.2) is 32.7 Å². The Kier molecular flexibility index (Phi) is 17.0. The molecule has 2 rings (SSSR count). The Morgan fingerprint density at radius 3 is 1.73 bits per heavy atom. The van der Waals surface area contributed by atoms with Gasteiger partial charge in [0.1, 0.15) is 5.75 Å². The fraction of sp³-hybridized carbons (Fsp3) is 0.714. The third-order valence-corrected chi connectivity index (χ3v) is 17.7. The van der Waals surface area contributed by atoms with Gasteiger partial charge in [0.25, 0.3) is 0 Å². The van der Waals surface area contributed by atoms with Gasteiger partial charge in [-0.15, -0.1) is 0 Å². The predicted molar refractivity (Wildman–Crippen MR) is 182 cm³/mol. The van der Waals surface area contributed by atoms with E-state index in [2.05, 4.69) is 73.9 Å². The van der Waals surface area contributed by atoms with E-state index in [-0.39, 0.29) is 0 Å². The molecule has 0 amide bonds. The van der Waals surface area contributed by atoms with Gasteiger partial charge in [-0.2, -0.15) is 0 Å². The number of aromatic nitrogens is 2. The molecule has 0 radical (unpaired) electrons. The number of nitrogens with zero attached hydrogens (tertiary/aromatic N) is 2. The summed E-state index contributed by atoms with van der Waals surface area (Å²) in [6.45, 7) is 15.9. The lowest BCUT2D eigenvalue weighted by Gasteiger charge is -2.29. The van der Waals surface area contributed by atoms with E-state index in [9.17, 15) is 0 Å². The third-order valence-electron chi connectivity index (χ3n) is 7.91. The van der Waals surface area contributed by atoms with Gasteiger partial charge >= 0.3 is 0 Å². The van der Waals surface area contributed by atoms with Crippen molar-refractivity contribution in [3.05, 3.63) is 42.2 Å². The van der Waals surface area contributed by atoms with Crippen molar-refractivity contribution in [1.82, 2.24) is 9.97 Å². The summed E-state index contributed by atoms with van der Waals surface area (Å²) in [4.78, 5) is 9.25. The first-order chi connectivity index (χ1) is 19.2. The smallest absolute Gasteiger partial charge is 0.159 e. The Labute approximate surface area is 250 Å². The summed E-state index contributed by atoms with van der Waals surface area (Å²) in [6, 6.07) is 9.80. The minimum atomic E-state index is -0.956. The number of hydrogen-bond donors (Lipinski definition) is 0. The van der Waals surface area contributed by atoms with Crippen LogP contribution in [0.4, 0.5) is 0 Å². The van der Waals surface area contributed by atoms with Crippen LogP contribution in [0.5, 0.6) is 5.75 Å². The number of hydrogen-bond acceptors (Lipinski definition) is 3. The van der Waals surface area contributed by atoms with Crippen molar-refractivity contribution in [3.8, 4) is 17.1 Å². The van der Waals surface area contributed by atoms with Crippen LogP contribution in [0.15, 0.2) is 36.7 Å². The molecule has 1 aromatic carbocycles. The average molecular weight is 583 g/mol. The van der Waals surface area contributed by atoms with Crippen molar-refractivity contribution < 1.29 is 4.74 Å². The second kappa shape index (κ2) is 19.6. The minimum Gasteiger partial charge on any atom is -0.494 e. The molecular formula is C35H62N2OSi2. The summed E-state index contributed by atoms with van der Waals surface area (Å²) in [7, 11) is -1.85. The van der Waals surface area contributed by atoms with Crippen LogP contribution < -0.4 is 4.74 Å². The Morgan fingerprint density at radius 2 is 1.15 bits per heavy atom. The van der Waals surface area contributed by atoms with Crippen molar-refractivity contribution in [3.63, 3.8) is 0 Å². The predicted octanol–water partition coefficient (Wildman–Crippen LogP) is 11.5. The zero-order valence-electron chi connectivity index (χ0n) is 27.2. The first-order valence-electron chi connectivity index (χ1n) is 16.7. The molecule has 40 heavy (non-hydrogen) atoms. The lowest BCUT2D eigenvalue weighted by atomic mass is 10.1. The third kappa shape index (κ3) is 16.7. The highest BCUT2D eigenvalue weighted by atomic mass is 28.4. The molecule has 0 N–H and O–H groups in total. The molecule has 0 aliphatic carbocycles. The van der Waals surface area contributed by atoms with Crippen molar-refractivity contribution in [1.29, 1.82) is 0 Å². The largest absolute Gasteiger partial charge is 0.494 e. The quantitative estimate of drug-likeness (QED) is 0.0965. The van der Waals surface area contributed by atoms with E-state index in [1.807, 2.05) is 12.4 Å². The summed E-state index contributed by atoms with van der Waals surface area (Å²) >= 11 is 0. The molecule has 5 heteroatoms. The second-order valence-electron chi connectivity index (χ2n) is 14.1. The average Bonchev–Trinajstić information content (AvgIpc) is 2.90. The van der Waals surface area contributed by atoms with Gasteiger partial charge in [-0.05, 0) is 49.1 Å². The molecule has 0 saturated carbocycles. The highest BCUT2D eigenvalue weighted by Gasteiger charge is 2.27. The number of aryl methyl sites for hydroxylation is 1. The van der Waals surface area contributed by atoms with Gasteiger partial charge in [0.2, 0.25) is 0 Å². The maximum Gasteiger partial charge on any atom is 0.159 e. The molecule has 0 unspecified atom stereocenters. The molecule has 0 atom stereocenters. The Balaban J connectivity index is 1.52. The van der Waals surface area contributed by atoms with Gasteiger partial charge < -0.3 is 4.74 Å². The lowest BCUT2D eigenvalue weighted by Crippen LogP contribution is -2.37. The van der Waals surface area contributed by atoms with Crippen LogP contribution in [0, 0.1) is 0 Å². The van der Waals surface area contributed by atoms with Gasteiger partial charge in [0.15, 0.2) is 5.82 Å². The Morgan fingerprint density at radius 1 is 0.625 bits per heavy atom. The zero-order valence-corrected chi connectivity index (χ0v) is 29.2. The zero-order chi connectivity index (χ0) is 29.1. The topological polar surface area (TPSA) is 35.0 Å². The van der Waals surface area contributed by atoms with Crippen LogP contribution in [-0.2, 0) is 6.42 Å². The van der Waals surface area contributed by atoms with Crippen molar-refractivity contribution in [2.45, 2.75) is 154 Å². The summed E-state index contributed by atoms with van der Waals surface area (Å²) in [5.41, 5.74) is 3.89. The summed E-state index contributed by atoms with van der Waals surface area (Å²) < 4.78 is 6.00. The van der Waals surface area contributed by atoms with Crippen molar-refractivity contribution >= 4 is 16.1 Å². The number of rotatable bonds is 23. The lowest BCUT2D eigenvalue weighted by molar-refractivity contribution is 0.304. The fourth-order valence-corrected chi connectivity index (χ4v) is 19.5. The van der Waals surface area contributed by atoms with Crippen LogP contribution >= 0.6 is 0 Å². The number of unbranched alkanes of at least 4 members (excludes halogenated alkanes) is 13. The van der Waals surface area contributed by atoms with Gasteiger partial charge in [-0.1, -0.05) is 135 Å². The summed E-state index contributed by atoms with van der Waals surface area (Å²) in [5, 5.41) is 0. The van der Waals surface area contributed by atoms with Crippen LogP contribution in [0.25, 0.3) is 11.4 Å². The van der Waals surface area contributed by atoms with Crippen molar-refractivity contribution in [2.24, 2.45) is 0 Å². The number of benzene rings is 1. The molecule has 0 aliphatic heterocycles. The van der Waals surface area contributed by atoms with Crippen molar-refractivity contribution in [2.75, 3.05) is 6.61 Å². The van der Waals surface area contributed by atoms with E-state index < -0.39 is 16.1 Å². The van der Waals surface area contributed by atoms with E-state index in [0.717, 1.165) is 36.6 Å². The summed E-state index contributed by atoms with van der Waals surface area (Å²) in [5.74, 6) is 1.74. The Bertz CT molecular complexity index is 891. The molecule has 0 bridgehead atoms. The van der Waals surface area contributed by atoms with Crippen LogP contribution in [0.2, 0.25) is 44.4 Å². The van der Waals surface area contributed by atoms with E-state index in [1.54, 1.807) is 5.67 Å². The molecule has 0 saturated heterocycles. The standard InChI is InChI=1S/C35H62N2OSi2/c1-7-8-9-10-11-13-16-19-22-32-29-36-35(37-30-32)33-23-25-34(26-24-33)38-27-20-17-14-12-15-18-21-28-40(5,6)31-39(2,3)4/h23-26,29-30H,7-22,27-28,31H2,1-6H3. The molecule has 1 aromatic heterocycles. The van der Waals surface area contributed by atoms with Gasteiger partial charge in [-0.3, -0.25) is 0 Å². The first-order valence-corrected chi connectivity index (χ1v) is 23.8. The van der Waals surface area contributed by atoms with E-state index >= 15 is 0 Å². The molecule has 2 aromatic rings. The minimum absolute atomic E-state index is 0.799. The molecule has 0 aliphatic rings. The molecule has 226 valence electrons. The summed E-state index contributed by atoms with van der Waals surface area (Å²) in [6.07, 6.45) is 25.3. The number of ether oxygens (including phenoxy) is 1. The van der Waals surface area contributed by atoms with Gasteiger partial charge in [0.05, 0.1) is 6.61 Å². The SMILES string of the molecule is CCCCCCCCCCc1cnc(-c2ccc(OCCCCCCCCC[Si](C)(C)C[Si](C)(C)C)cc2)nc1. The second-order valence-corrected chi connectivity index (χ2v) is 25.5. The molecule has 0 spiro atoms. The van der Waals surface area contributed by atoms with Gasteiger partial charge in [-0.25, -0.2) is 9.97 Å². The highest BCUT2D eigenvalue weighted by Crippen LogP contribution is 2.26. The normalized spacial score (nSPS) is 12.2. The first kappa shape index (κ1) is 34.7.